The fourth-order valence-corrected chi connectivity index (χ4v) is 4.60. The lowest BCUT2D eigenvalue weighted by atomic mass is 10.0. The molecule has 212 valence electrons. The van der Waals surface area contributed by atoms with Crippen LogP contribution < -0.4 is 0 Å². The van der Waals surface area contributed by atoms with Gasteiger partial charge in [0.25, 0.3) is 20.2 Å². The summed E-state index contributed by atoms with van der Waals surface area (Å²) in [5, 5.41) is 56.7. The van der Waals surface area contributed by atoms with Crippen molar-refractivity contribution in [3.8, 4) is 23.0 Å². The molecule has 0 spiro atoms. The first-order valence-electron chi connectivity index (χ1n) is 11.3. The number of benzene rings is 4. The Labute approximate surface area is 232 Å². The van der Waals surface area contributed by atoms with Gasteiger partial charge >= 0.3 is 0 Å². The van der Waals surface area contributed by atoms with Gasteiger partial charge in [0.15, 0.2) is 23.0 Å². The molecular weight excluding hydrogens is 580 g/mol. The molecule has 0 heterocycles. The molecule has 0 radical (unpaired) electrons. The van der Waals surface area contributed by atoms with E-state index in [0.29, 0.717) is 0 Å². The molecular formula is C25H20N4O10S2. The number of nitrogens with zero attached hydrogens (tertiary/aromatic N) is 4. The Hall–Kier alpha value is -4.90. The fourth-order valence-electron chi connectivity index (χ4n) is 3.56. The summed E-state index contributed by atoms with van der Waals surface area (Å²) in [6.07, 6.45) is -0.124. The lowest BCUT2D eigenvalue weighted by molar-refractivity contribution is 0.403. The Morgan fingerprint density at radius 1 is 0.537 bits per heavy atom. The molecule has 0 aliphatic carbocycles. The monoisotopic (exact) mass is 600 g/mol. The molecule has 6 N–H and O–H groups in total. The highest BCUT2D eigenvalue weighted by molar-refractivity contribution is 7.86. The number of phenolic OH excluding ortho intramolecular Hbond substituents is 4. The lowest BCUT2D eigenvalue weighted by Crippen LogP contribution is -1.96. The molecule has 0 saturated carbocycles. The van der Waals surface area contributed by atoms with Gasteiger partial charge in [-0.1, -0.05) is 24.3 Å². The predicted octanol–water partition coefficient (Wildman–Crippen LogP) is 5.42. The standard InChI is InChI=1S/C25H20N4O10S2/c30-20-9-7-14(22(24(20)32)28-26-16-3-1-5-18(12-16)40(34,35)36)11-15-8-10-21(31)25(33)23(15)29-27-17-4-2-6-19(13-17)41(37,38)39/h1-10,12-13,30-33H,11H2,(H,34,35,36)(H,37,38,39). The smallest absolute Gasteiger partial charge is 0.294 e. The normalized spacial score (nSPS) is 12.3. The minimum atomic E-state index is -4.52. The van der Waals surface area contributed by atoms with Crippen molar-refractivity contribution < 1.29 is 46.4 Å². The highest BCUT2D eigenvalue weighted by Gasteiger charge is 2.18. The second kappa shape index (κ2) is 11.3. The van der Waals surface area contributed by atoms with E-state index in [1.54, 1.807) is 0 Å². The molecule has 4 aromatic carbocycles. The third-order valence-electron chi connectivity index (χ3n) is 5.57. The van der Waals surface area contributed by atoms with Crippen molar-refractivity contribution in [3.05, 3.63) is 83.9 Å². The molecule has 0 unspecified atom stereocenters. The summed E-state index contributed by atoms with van der Waals surface area (Å²) in [5.74, 6) is -2.40. The molecule has 0 saturated heterocycles. The van der Waals surface area contributed by atoms with Gasteiger partial charge in [0, 0.05) is 6.42 Å². The van der Waals surface area contributed by atoms with E-state index in [2.05, 4.69) is 20.5 Å². The molecule has 0 atom stereocenters. The van der Waals surface area contributed by atoms with E-state index >= 15 is 0 Å². The minimum absolute atomic E-state index is 0.00212. The van der Waals surface area contributed by atoms with E-state index in [1.807, 2.05) is 0 Å². The third-order valence-corrected chi connectivity index (χ3v) is 7.27. The van der Waals surface area contributed by atoms with Crippen LogP contribution in [-0.4, -0.2) is 46.4 Å². The Bertz CT molecular complexity index is 1790. The van der Waals surface area contributed by atoms with Gasteiger partial charge in [0.2, 0.25) is 0 Å². The molecule has 4 aromatic rings. The fraction of sp³-hybridized carbons (Fsp3) is 0.0400. The zero-order valence-electron chi connectivity index (χ0n) is 20.6. The molecule has 14 nitrogen and oxygen atoms in total. The van der Waals surface area contributed by atoms with Gasteiger partial charge in [-0.2, -0.15) is 27.1 Å². The van der Waals surface area contributed by atoms with Crippen molar-refractivity contribution in [1.29, 1.82) is 0 Å². The van der Waals surface area contributed by atoms with Crippen molar-refractivity contribution in [3.63, 3.8) is 0 Å². The number of rotatable bonds is 8. The van der Waals surface area contributed by atoms with Crippen LogP contribution in [-0.2, 0) is 26.7 Å². The van der Waals surface area contributed by atoms with Crippen molar-refractivity contribution >= 4 is 43.0 Å². The van der Waals surface area contributed by atoms with Crippen molar-refractivity contribution in [1.82, 2.24) is 0 Å². The van der Waals surface area contributed by atoms with E-state index in [9.17, 15) is 46.4 Å². The van der Waals surface area contributed by atoms with Gasteiger partial charge in [-0.3, -0.25) is 9.11 Å². The van der Waals surface area contributed by atoms with Gasteiger partial charge in [-0.05, 0) is 59.7 Å². The average molecular weight is 601 g/mol. The van der Waals surface area contributed by atoms with Crippen LogP contribution in [0.1, 0.15) is 11.1 Å². The van der Waals surface area contributed by atoms with Crippen LogP contribution >= 0.6 is 0 Å². The summed E-state index contributed by atoms with van der Waals surface area (Å²) in [6, 6.07) is 14.8. The number of phenols is 4. The largest absolute Gasteiger partial charge is 0.504 e. The molecule has 0 fully saturated rings. The third kappa shape index (κ3) is 6.82. The quantitative estimate of drug-likeness (QED) is 0.0851. The molecule has 0 amide bonds. The highest BCUT2D eigenvalue weighted by atomic mass is 32.2. The number of azo groups is 2. The first-order valence-corrected chi connectivity index (χ1v) is 14.2. The second-order valence-electron chi connectivity index (χ2n) is 8.40. The van der Waals surface area contributed by atoms with Gasteiger partial charge in [0.05, 0.1) is 21.2 Å². The zero-order chi connectivity index (χ0) is 29.9. The lowest BCUT2D eigenvalue weighted by Gasteiger charge is -2.12. The Kier molecular flexibility index (Phi) is 8.02. The Morgan fingerprint density at radius 3 is 1.29 bits per heavy atom. The van der Waals surface area contributed by atoms with Crippen LogP contribution in [0, 0.1) is 0 Å². The van der Waals surface area contributed by atoms with Gasteiger partial charge in [-0.25, -0.2) is 0 Å². The molecule has 0 bridgehead atoms. The van der Waals surface area contributed by atoms with Crippen LogP contribution in [0.4, 0.5) is 22.7 Å². The van der Waals surface area contributed by atoms with E-state index < -0.39 is 53.0 Å². The van der Waals surface area contributed by atoms with E-state index in [1.165, 1.54) is 48.5 Å². The number of hydrogen-bond acceptors (Lipinski definition) is 12. The van der Waals surface area contributed by atoms with Gasteiger partial charge in [-0.15, -0.1) is 10.2 Å². The van der Waals surface area contributed by atoms with E-state index in [0.717, 1.165) is 24.3 Å². The molecule has 0 aromatic heterocycles. The Morgan fingerprint density at radius 2 is 0.927 bits per heavy atom. The van der Waals surface area contributed by atoms with Crippen LogP contribution in [0.3, 0.4) is 0 Å². The van der Waals surface area contributed by atoms with Gasteiger partial charge in [0.1, 0.15) is 11.4 Å². The molecule has 4 rings (SSSR count). The highest BCUT2D eigenvalue weighted by Crippen LogP contribution is 2.44. The zero-order valence-corrected chi connectivity index (χ0v) is 22.2. The molecule has 0 aliphatic rings. The van der Waals surface area contributed by atoms with E-state index in [4.69, 9.17) is 0 Å². The van der Waals surface area contributed by atoms with Crippen LogP contribution in [0.25, 0.3) is 0 Å². The number of aromatic hydroxyl groups is 4. The van der Waals surface area contributed by atoms with Crippen LogP contribution in [0.15, 0.2) is 103 Å². The maximum absolute atomic E-state index is 11.4. The van der Waals surface area contributed by atoms with Crippen molar-refractivity contribution in [2.24, 2.45) is 20.5 Å². The van der Waals surface area contributed by atoms with Crippen molar-refractivity contribution in [2.45, 2.75) is 16.2 Å². The second-order valence-corrected chi connectivity index (χ2v) is 11.2. The minimum Gasteiger partial charge on any atom is -0.504 e. The van der Waals surface area contributed by atoms with Gasteiger partial charge < -0.3 is 20.4 Å². The summed E-state index contributed by atoms with van der Waals surface area (Å²) in [4.78, 5) is -0.878. The summed E-state index contributed by atoms with van der Waals surface area (Å²) in [6.45, 7) is 0. The average Bonchev–Trinajstić information content (AvgIpc) is 2.91. The summed E-state index contributed by atoms with van der Waals surface area (Å²) >= 11 is 0. The maximum Gasteiger partial charge on any atom is 0.294 e. The molecule has 41 heavy (non-hydrogen) atoms. The molecule has 16 heteroatoms. The SMILES string of the molecule is O=S(=O)(O)c1cccc(N=Nc2c(Cc3ccc(O)c(O)c3N=Nc3cccc(S(=O)(=O)O)c3)ccc(O)c2O)c1. The molecule has 0 aliphatic heterocycles. The van der Waals surface area contributed by atoms with Crippen molar-refractivity contribution in [2.75, 3.05) is 0 Å². The summed E-state index contributed by atoms with van der Waals surface area (Å²) in [7, 11) is -9.03. The first kappa shape index (κ1) is 29.1. The summed E-state index contributed by atoms with van der Waals surface area (Å²) < 4.78 is 64.2. The topological polar surface area (TPSA) is 239 Å². The first-order chi connectivity index (χ1) is 19.2. The summed E-state index contributed by atoms with van der Waals surface area (Å²) in [5.41, 5.74) is 0.0299. The Balaban J connectivity index is 1.74. The van der Waals surface area contributed by atoms with Crippen LogP contribution in [0.2, 0.25) is 0 Å². The predicted molar refractivity (Wildman–Crippen MR) is 143 cm³/mol. The number of hydrogen-bond donors (Lipinski definition) is 6. The van der Waals surface area contributed by atoms with E-state index in [-0.39, 0.29) is 40.3 Å². The maximum atomic E-state index is 11.4. The van der Waals surface area contributed by atoms with Crippen LogP contribution in [0.5, 0.6) is 23.0 Å².